The van der Waals surface area contributed by atoms with Gasteiger partial charge in [0.15, 0.2) is 6.10 Å². The molecule has 4 aromatic carbocycles. The van der Waals surface area contributed by atoms with Crippen LogP contribution in [0.1, 0.15) is 27.6 Å². The largest absolute Gasteiger partial charge is 0.449 e. The predicted octanol–water partition coefficient (Wildman–Crippen LogP) is 5.79. The van der Waals surface area contributed by atoms with E-state index in [1.165, 1.54) is 0 Å². The summed E-state index contributed by atoms with van der Waals surface area (Å²) < 4.78 is 5.92. The van der Waals surface area contributed by atoms with Crippen molar-refractivity contribution in [1.29, 1.82) is 0 Å². The Bertz CT molecular complexity index is 1020. The summed E-state index contributed by atoms with van der Waals surface area (Å²) in [6.45, 7) is 0. The van der Waals surface area contributed by atoms with Gasteiger partial charge in [-0.1, -0.05) is 84.9 Å². The van der Waals surface area contributed by atoms with E-state index < -0.39 is 6.10 Å². The molecule has 0 radical (unpaired) electrons. The highest BCUT2D eigenvalue weighted by atomic mass is 16.5. The lowest BCUT2D eigenvalue weighted by Crippen LogP contribution is -2.13. The molecule has 0 saturated carbocycles. The van der Waals surface area contributed by atoms with Gasteiger partial charge in [-0.15, -0.1) is 0 Å². The second kappa shape index (κ2) is 7.24. The number of esters is 1. The maximum Gasteiger partial charge on any atom is 0.339 e. The van der Waals surface area contributed by atoms with Crippen LogP contribution < -0.4 is 0 Å². The molecule has 2 heteroatoms. The molecule has 0 saturated heterocycles. The fourth-order valence-corrected chi connectivity index (χ4v) is 3.08. The second-order valence-electron chi connectivity index (χ2n) is 6.17. The molecule has 0 bridgehead atoms. The fourth-order valence-electron chi connectivity index (χ4n) is 3.08. The Labute approximate surface area is 152 Å². The van der Waals surface area contributed by atoms with Gasteiger partial charge in [0.05, 0.1) is 5.56 Å². The number of ether oxygens (including phenoxy) is 1. The standard InChI is InChI=1S/C24H18O2/c25-24(20-12-5-2-6-13-20)26-23(19-10-3-1-4-11-19)22-16-15-18-9-7-8-14-21(18)17-22/h1-17,23H/t23-/m0/s1. The van der Waals surface area contributed by atoms with Crippen LogP contribution in [0.4, 0.5) is 0 Å². The molecule has 0 aromatic heterocycles. The van der Waals surface area contributed by atoms with Gasteiger partial charge < -0.3 is 4.74 Å². The van der Waals surface area contributed by atoms with E-state index in [1.807, 2.05) is 66.7 Å². The number of rotatable bonds is 4. The van der Waals surface area contributed by atoms with Crippen molar-refractivity contribution in [3.63, 3.8) is 0 Å². The first-order chi connectivity index (χ1) is 12.8. The summed E-state index contributed by atoms with van der Waals surface area (Å²) >= 11 is 0. The number of hydrogen-bond acceptors (Lipinski definition) is 2. The third kappa shape index (κ3) is 3.35. The van der Waals surface area contributed by atoms with Crippen molar-refractivity contribution in [2.75, 3.05) is 0 Å². The first-order valence-electron chi connectivity index (χ1n) is 8.61. The smallest absolute Gasteiger partial charge is 0.339 e. The van der Waals surface area contributed by atoms with E-state index in [4.69, 9.17) is 4.74 Å². The van der Waals surface area contributed by atoms with Crippen molar-refractivity contribution in [1.82, 2.24) is 0 Å². The maximum absolute atomic E-state index is 12.6. The minimum absolute atomic E-state index is 0.326. The minimum atomic E-state index is -0.450. The van der Waals surface area contributed by atoms with Gasteiger partial charge in [0, 0.05) is 0 Å². The number of hydrogen-bond donors (Lipinski definition) is 0. The summed E-state index contributed by atoms with van der Waals surface area (Å²) in [4.78, 5) is 12.6. The zero-order valence-corrected chi connectivity index (χ0v) is 14.2. The molecule has 4 rings (SSSR count). The molecule has 0 unspecified atom stereocenters. The first-order valence-corrected chi connectivity index (χ1v) is 8.61. The molecule has 126 valence electrons. The predicted molar refractivity (Wildman–Crippen MR) is 104 cm³/mol. The normalized spacial score (nSPS) is 11.8. The van der Waals surface area contributed by atoms with Gasteiger partial charge in [0.1, 0.15) is 0 Å². The third-order valence-electron chi connectivity index (χ3n) is 4.41. The SMILES string of the molecule is O=C(O[C@@H](c1ccccc1)c1ccc2ccccc2c1)c1ccccc1. The van der Waals surface area contributed by atoms with Gasteiger partial charge >= 0.3 is 5.97 Å². The lowest BCUT2D eigenvalue weighted by Gasteiger charge is -2.19. The molecule has 26 heavy (non-hydrogen) atoms. The second-order valence-corrected chi connectivity index (χ2v) is 6.17. The minimum Gasteiger partial charge on any atom is -0.449 e. The van der Waals surface area contributed by atoms with E-state index in [9.17, 15) is 4.79 Å². The van der Waals surface area contributed by atoms with Crippen molar-refractivity contribution in [2.45, 2.75) is 6.10 Å². The van der Waals surface area contributed by atoms with Crippen molar-refractivity contribution in [2.24, 2.45) is 0 Å². The quantitative estimate of drug-likeness (QED) is 0.440. The molecular weight excluding hydrogens is 320 g/mol. The number of carbonyl (C=O) groups is 1. The van der Waals surface area contributed by atoms with E-state index in [0.717, 1.165) is 21.9 Å². The molecule has 0 aliphatic carbocycles. The van der Waals surface area contributed by atoms with E-state index in [0.29, 0.717) is 5.56 Å². The highest BCUT2D eigenvalue weighted by molar-refractivity contribution is 5.90. The summed E-state index contributed by atoms with van der Waals surface area (Å²) in [6, 6.07) is 33.3. The highest BCUT2D eigenvalue weighted by Crippen LogP contribution is 2.29. The molecule has 2 nitrogen and oxygen atoms in total. The summed E-state index contributed by atoms with van der Waals surface area (Å²) in [5.41, 5.74) is 2.46. The molecule has 0 aliphatic rings. The summed E-state index contributed by atoms with van der Waals surface area (Å²) in [5.74, 6) is -0.326. The fraction of sp³-hybridized carbons (Fsp3) is 0.0417. The van der Waals surface area contributed by atoms with Crippen LogP contribution in [-0.4, -0.2) is 5.97 Å². The lowest BCUT2D eigenvalue weighted by molar-refractivity contribution is 0.0378. The van der Waals surface area contributed by atoms with Gasteiger partial charge in [-0.2, -0.15) is 0 Å². The van der Waals surface area contributed by atoms with E-state index in [-0.39, 0.29) is 5.97 Å². The van der Waals surface area contributed by atoms with Crippen LogP contribution in [-0.2, 0) is 4.74 Å². The molecule has 0 fully saturated rings. The number of carbonyl (C=O) groups excluding carboxylic acids is 1. The van der Waals surface area contributed by atoms with Crippen molar-refractivity contribution in [3.05, 3.63) is 120 Å². The summed E-state index contributed by atoms with van der Waals surface area (Å²) in [6.07, 6.45) is -0.450. The van der Waals surface area contributed by atoms with Crippen molar-refractivity contribution in [3.8, 4) is 0 Å². The topological polar surface area (TPSA) is 26.3 Å². The van der Waals surface area contributed by atoms with Crippen LogP contribution in [0.3, 0.4) is 0 Å². The molecular formula is C24H18O2. The van der Waals surface area contributed by atoms with Crippen molar-refractivity contribution >= 4 is 16.7 Å². The molecule has 0 aliphatic heterocycles. The van der Waals surface area contributed by atoms with Crippen LogP contribution in [0.15, 0.2) is 103 Å². The Morgan fingerprint density at radius 3 is 1.96 bits per heavy atom. The molecule has 4 aromatic rings. The van der Waals surface area contributed by atoms with Crippen LogP contribution in [0, 0.1) is 0 Å². The van der Waals surface area contributed by atoms with Crippen LogP contribution in [0.25, 0.3) is 10.8 Å². The van der Waals surface area contributed by atoms with Crippen LogP contribution >= 0.6 is 0 Å². The Kier molecular flexibility index (Phi) is 4.48. The zero-order valence-electron chi connectivity index (χ0n) is 14.2. The monoisotopic (exact) mass is 338 g/mol. The van der Waals surface area contributed by atoms with E-state index in [1.54, 1.807) is 12.1 Å². The number of fused-ring (bicyclic) bond motifs is 1. The zero-order chi connectivity index (χ0) is 17.8. The average Bonchev–Trinajstić information content (AvgIpc) is 2.73. The Hall–Kier alpha value is -3.39. The van der Waals surface area contributed by atoms with Crippen LogP contribution in [0.2, 0.25) is 0 Å². The van der Waals surface area contributed by atoms with Gasteiger partial charge in [-0.3, -0.25) is 0 Å². The molecule has 0 heterocycles. The van der Waals surface area contributed by atoms with Gasteiger partial charge in [0.25, 0.3) is 0 Å². The highest BCUT2D eigenvalue weighted by Gasteiger charge is 2.20. The summed E-state index contributed by atoms with van der Waals surface area (Å²) in [7, 11) is 0. The summed E-state index contributed by atoms with van der Waals surface area (Å²) in [5, 5.41) is 2.29. The van der Waals surface area contributed by atoms with Gasteiger partial charge in [0.2, 0.25) is 0 Å². The lowest BCUT2D eigenvalue weighted by atomic mass is 9.98. The molecule has 1 atom stereocenters. The maximum atomic E-state index is 12.6. The molecule has 0 amide bonds. The molecule has 0 spiro atoms. The Balaban J connectivity index is 1.74. The Morgan fingerprint density at radius 2 is 1.23 bits per heavy atom. The number of benzene rings is 4. The average molecular weight is 338 g/mol. The van der Waals surface area contributed by atoms with Gasteiger partial charge in [-0.25, -0.2) is 4.79 Å². The third-order valence-corrected chi connectivity index (χ3v) is 4.41. The Morgan fingerprint density at radius 1 is 0.615 bits per heavy atom. The van der Waals surface area contributed by atoms with Crippen LogP contribution in [0.5, 0.6) is 0 Å². The van der Waals surface area contributed by atoms with E-state index >= 15 is 0 Å². The van der Waals surface area contributed by atoms with Crippen molar-refractivity contribution < 1.29 is 9.53 Å². The first kappa shape index (κ1) is 16.1. The van der Waals surface area contributed by atoms with E-state index in [2.05, 4.69) is 24.3 Å². The molecule has 0 N–H and O–H groups in total. The van der Waals surface area contributed by atoms with Gasteiger partial charge in [-0.05, 0) is 40.1 Å².